The number of fused-ring (bicyclic) bond motifs is 1. The quantitative estimate of drug-likeness (QED) is 0.581. The number of thioether (sulfide) groups is 1. The van der Waals surface area contributed by atoms with Crippen LogP contribution in [0.2, 0.25) is 5.02 Å². The molecule has 8 nitrogen and oxygen atoms in total. The molecular formula is C17H19ClN6O2S2. The Kier molecular flexibility index (Phi) is 4.98. The van der Waals surface area contributed by atoms with Gasteiger partial charge in [0.2, 0.25) is 10.0 Å². The Hall–Kier alpha value is -1.88. The van der Waals surface area contributed by atoms with E-state index in [9.17, 15) is 8.42 Å². The Morgan fingerprint density at radius 2 is 2.00 bits per heavy atom. The first-order chi connectivity index (χ1) is 13.3. The molecule has 2 aromatic heterocycles. The Balaban J connectivity index is 1.75. The molecule has 0 unspecified atom stereocenters. The summed E-state index contributed by atoms with van der Waals surface area (Å²) in [5.74, 6) is 0.628. The lowest BCUT2D eigenvalue weighted by Gasteiger charge is -2.27. The Labute approximate surface area is 172 Å². The summed E-state index contributed by atoms with van der Waals surface area (Å²) in [6.45, 7) is 0.616. The first-order valence-corrected chi connectivity index (χ1v) is 11.6. The molecule has 0 saturated carbocycles. The molecule has 0 atom stereocenters. The molecule has 28 heavy (non-hydrogen) atoms. The first-order valence-electron chi connectivity index (χ1n) is 8.57. The van der Waals surface area contributed by atoms with Gasteiger partial charge in [0.05, 0.1) is 4.90 Å². The Morgan fingerprint density at radius 1 is 1.21 bits per heavy atom. The predicted octanol–water partition coefficient (Wildman–Crippen LogP) is 2.34. The van der Waals surface area contributed by atoms with Gasteiger partial charge in [-0.1, -0.05) is 29.4 Å². The van der Waals surface area contributed by atoms with Gasteiger partial charge in [-0.2, -0.15) is 9.40 Å². The van der Waals surface area contributed by atoms with Crippen molar-refractivity contribution < 1.29 is 8.42 Å². The van der Waals surface area contributed by atoms with Crippen LogP contribution in [0, 0.1) is 0 Å². The minimum atomic E-state index is -3.66. The van der Waals surface area contributed by atoms with Gasteiger partial charge in [-0.05, 0) is 24.5 Å². The van der Waals surface area contributed by atoms with Crippen molar-refractivity contribution in [3.05, 3.63) is 40.5 Å². The minimum absolute atomic E-state index is 0.192. The lowest BCUT2D eigenvalue weighted by molar-refractivity contribution is 0.386. The van der Waals surface area contributed by atoms with E-state index in [0.717, 1.165) is 16.4 Å². The summed E-state index contributed by atoms with van der Waals surface area (Å²) in [6, 6.07) is 6.34. The van der Waals surface area contributed by atoms with Crippen LogP contribution in [-0.2, 0) is 37.1 Å². The fourth-order valence-corrected chi connectivity index (χ4v) is 5.62. The molecule has 3 aromatic rings. The molecular weight excluding hydrogens is 420 g/mol. The summed E-state index contributed by atoms with van der Waals surface area (Å²) in [5, 5.41) is 14.2. The second-order valence-electron chi connectivity index (χ2n) is 6.51. The summed E-state index contributed by atoms with van der Waals surface area (Å²) in [5.41, 5.74) is 2.54. The summed E-state index contributed by atoms with van der Waals surface area (Å²) in [7, 11) is 0.0892. The zero-order valence-electron chi connectivity index (χ0n) is 15.6. The summed E-state index contributed by atoms with van der Waals surface area (Å²) >= 11 is 7.49. The highest BCUT2D eigenvalue weighted by molar-refractivity contribution is 7.98. The summed E-state index contributed by atoms with van der Waals surface area (Å²) < 4.78 is 31.4. The second kappa shape index (κ2) is 7.18. The van der Waals surface area contributed by atoms with Crippen molar-refractivity contribution in [2.24, 2.45) is 14.1 Å². The molecule has 0 aliphatic carbocycles. The molecule has 1 aliphatic rings. The van der Waals surface area contributed by atoms with Crippen LogP contribution in [-0.4, -0.2) is 50.1 Å². The molecule has 0 spiro atoms. The van der Waals surface area contributed by atoms with Gasteiger partial charge >= 0.3 is 0 Å². The van der Waals surface area contributed by atoms with Crippen LogP contribution >= 0.6 is 23.4 Å². The number of benzene rings is 1. The zero-order chi connectivity index (χ0) is 20.1. The smallest absolute Gasteiger partial charge is 0.243 e. The maximum absolute atomic E-state index is 13.1. The number of rotatable bonds is 4. The van der Waals surface area contributed by atoms with Gasteiger partial charge in [-0.15, -0.1) is 10.2 Å². The zero-order valence-corrected chi connectivity index (χ0v) is 18.0. The third kappa shape index (κ3) is 3.14. The molecule has 1 aliphatic heterocycles. The van der Waals surface area contributed by atoms with E-state index in [2.05, 4.69) is 15.3 Å². The number of sulfonamides is 1. The first kappa shape index (κ1) is 19.4. The SMILES string of the molecule is CSc1nnc(-c2nn(C)c3c2CN(S(=O)(=O)c2cccc(Cl)c2)CC3)n1C. The summed E-state index contributed by atoms with van der Waals surface area (Å²) in [4.78, 5) is 0.192. The molecule has 0 fully saturated rings. The molecule has 0 amide bonds. The average molecular weight is 439 g/mol. The third-order valence-electron chi connectivity index (χ3n) is 4.87. The predicted molar refractivity (Wildman–Crippen MR) is 108 cm³/mol. The maximum atomic E-state index is 13.1. The van der Waals surface area contributed by atoms with Gasteiger partial charge < -0.3 is 4.57 Å². The van der Waals surface area contributed by atoms with Gasteiger partial charge in [-0.3, -0.25) is 4.68 Å². The van der Waals surface area contributed by atoms with E-state index in [1.807, 2.05) is 24.9 Å². The lowest BCUT2D eigenvalue weighted by Crippen LogP contribution is -2.36. The lowest BCUT2D eigenvalue weighted by atomic mass is 10.1. The number of aromatic nitrogens is 5. The van der Waals surface area contributed by atoms with Crippen LogP contribution in [0.25, 0.3) is 11.5 Å². The van der Waals surface area contributed by atoms with E-state index in [-0.39, 0.29) is 11.4 Å². The van der Waals surface area contributed by atoms with Gasteiger partial charge in [0.15, 0.2) is 11.0 Å². The Morgan fingerprint density at radius 3 is 2.68 bits per heavy atom. The minimum Gasteiger partial charge on any atom is -0.304 e. The molecule has 11 heteroatoms. The normalized spacial score (nSPS) is 15.0. The van der Waals surface area contributed by atoms with Crippen LogP contribution < -0.4 is 0 Å². The van der Waals surface area contributed by atoms with Crippen molar-refractivity contribution in [2.75, 3.05) is 12.8 Å². The van der Waals surface area contributed by atoms with E-state index in [4.69, 9.17) is 11.6 Å². The average Bonchev–Trinajstić information content (AvgIpc) is 3.21. The third-order valence-corrected chi connectivity index (χ3v) is 7.67. The Bertz CT molecular complexity index is 1150. The van der Waals surface area contributed by atoms with Crippen LogP contribution in [0.1, 0.15) is 11.3 Å². The van der Waals surface area contributed by atoms with Crippen molar-refractivity contribution in [1.82, 2.24) is 28.9 Å². The van der Waals surface area contributed by atoms with E-state index < -0.39 is 10.0 Å². The van der Waals surface area contributed by atoms with Crippen LogP contribution in [0.15, 0.2) is 34.3 Å². The number of aryl methyl sites for hydroxylation is 1. The fraction of sp³-hybridized carbons (Fsp3) is 0.353. The van der Waals surface area contributed by atoms with Gasteiger partial charge in [0.25, 0.3) is 0 Å². The maximum Gasteiger partial charge on any atom is 0.243 e. The topological polar surface area (TPSA) is 85.9 Å². The molecule has 0 N–H and O–H groups in total. The van der Waals surface area contributed by atoms with E-state index in [1.165, 1.54) is 22.1 Å². The van der Waals surface area contributed by atoms with E-state index in [0.29, 0.717) is 29.5 Å². The standard InChI is InChI=1S/C17H19ClN6O2S2/c1-22-16(19-20-17(22)27-3)15-13-10-24(8-7-14(13)23(2)21-15)28(25,26)12-6-4-5-11(18)9-12/h4-6,9H,7-8,10H2,1-3H3. The monoisotopic (exact) mass is 438 g/mol. The number of halogens is 1. The summed E-state index contributed by atoms with van der Waals surface area (Å²) in [6.07, 6.45) is 2.51. The van der Waals surface area contributed by atoms with E-state index in [1.54, 1.807) is 22.9 Å². The molecule has 0 radical (unpaired) electrons. The van der Waals surface area contributed by atoms with Gasteiger partial charge in [0.1, 0.15) is 5.69 Å². The highest BCUT2D eigenvalue weighted by atomic mass is 35.5. The molecule has 148 valence electrons. The molecule has 4 rings (SSSR count). The highest BCUT2D eigenvalue weighted by Gasteiger charge is 2.33. The second-order valence-corrected chi connectivity index (χ2v) is 9.66. The number of hydrogen-bond donors (Lipinski definition) is 0. The molecule has 0 bridgehead atoms. The molecule has 3 heterocycles. The highest BCUT2D eigenvalue weighted by Crippen LogP contribution is 2.32. The largest absolute Gasteiger partial charge is 0.304 e. The van der Waals surface area contributed by atoms with Gasteiger partial charge in [0, 0.05) is 49.9 Å². The van der Waals surface area contributed by atoms with Gasteiger partial charge in [-0.25, -0.2) is 8.42 Å². The number of nitrogens with zero attached hydrogens (tertiary/aromatic N) is 6. The molecule has 1 aromatic carbocycles. The van der Waals surface area contributed by atoms with Crippen LogP contribution in [0.5, 0.6) is 0 Å². The van der Waals surface area contributed by atoms with Crippen molar-refractivity contribution in [1.29, 1.82) is 0 Å². The fourth-order valence-electron chi connectivity index (χ4n) is 3.43. The van der Waals surface area contributed by atoms with Crippen molar-refractivity contribution in [2.45, 2.75) is 23.0 Å². The van der Waals surface area contributed by atoms with Crippen molar-refractivity contribution in [3.8, 4) is 11.5 Å². The molecule has 0 saturated heterocycles. The van der Waals surface area contributed by atoms with E-state index >= 15 is 0 Å². The van der Waals surface area contributed by atoms with Crippen LogP contribution in [0.4, 0.5) is 0 Å². The van der Waals surface area contributed by atoms with Crippen molar-refractivity contribution >= 4 is 33.4 Å². The van der Waals surface area contributed by atoms with Crippen molar-refractivity contribution in [3.63, 3.8) is 0 Å². The van der Waals surface area contributed by atoms with Crippen LogP contribution in [0.3, 0.4) is 0 Å². The number of hydrogen-bond acceptors (Lipinski definition) is 6.